The first-order valence-electron chi connectivity index (χ1n) is 10.0. The van der Waals surface area contributed by atoms with Gasteiger partial charge in [-0.2, -0.15) is 0 Å². The van der Waals surface area contributed by atoms with Crippen LogP contribution >= 0.6 is 0 Å². The van der Waals surface area contributed by atoms with Crippen LogP contribution in [-0.2, 0) is 11.3 Å². The molecule has 2 atom stereocenters. The lowest BCUT2D eigenvalue weighted by Crippen LogP contribution is -2.40. The van der Waals surface area contributed by atoms with Crippen LogP contribution in [0.1, 0.15) is 43.4 Å². The molecule has 1 saturated heterocycles. The third-order valence-corrected chi connectivity index (χ3v) is 5.73. The molecule has 1 amide bonds. The molecule has 1 aliphatic rings. The molecule has 0 saturated carbocycles. The molecule has 27 heavy (non-hydrogen) atoms. The lowest BCUT2D eigenvalue weighted by Gasteiger charge is -2.30. The number of benzene rings is 2. The van der Waals surface area contributed by atoms with E-state index in [1.54, 1.807) is 6.92 Å². The summed E-state index contributed by atoms with van der Waals surface area (Å²) < 4.78 is 0. The van der Waals surface area contributed by atoms with Crippen molar-refractivity contribution in [1.29, 1.82) is 0 Å². The summed E-state index contributed by atoms with van der Waals surface area (Å²) in [7, 11) is 0. The van der Waals surface area contributed by atoms with Crippen molar-refractivity contribution in [2.75, 3.05) is 19.6 Å². The highest BCUT2D eigenvalue weighted by Gasteiger charge is 2.35. The van der Waals surface area contributed by atoms with E-state index in [2.05, 4.69) is 80.3 Å². The third kappa shape index (κ3) is 4.98. The lowest BCUT2D eigenvalue weighted by atomic mass is 9.88. The number of nitrogens with zero attached hydrogens (tertiary/aromatic N) is 2. The predicted octanol–water partition coefficient (Wildman–Crippen LogP) is 4.47. The highest BCUT2D eigenvalue weighted by atomic mass is 16.2. The Kier molecular flexibility index (Phi) is 6.33. The van der Waals surface area contributed by atoms with Gasteiger partial charge in [-0.15, -0.1) is 0 Å². The first kappa shape index (κ1) is 19.6. The maximum Gasteiger partial charge on any atom is 0.219 e. The van der Waals surface area contributed by atoms with E-state index in [1.807, 2.05) is 4.90 Å². The molecule has 3 rings (SSSR count). The molecular weight excluding hydrogens is 332 g/mol. The zero-order valence-corrected chi connectivity index (χ0v) is 17.1. The number of carbonyl (C=O) groups excluding carboxylic acids is 1. The van der Waals surface area contributed by atoms with Gasteiger partial charge in [0.1, 0.15) is 0 Å². The van der Waals surface area contributed by atoms with Gasteiger partial charge in [0.15, 0.2) is 0 Å². The molecule has 1 heterocycles. The van der Waals surface area contributed by atoms with Crippen LogP contribution in [0.2, 0.25) is 0 Å². The summed E-state index contributed by atoms with van der Waals surface area (Å²) in [6.45, 7) is 11.9. The fraction of sp³-hybridized carbons (Fsp3) is 0.458. The van der Waals surface area contributed by atoms with Crippen LogP contribution in [0.3, 0.4) is 0 Å². The molecule has 144 valence electrons. The predicted molar refractivity (Wildman–Crippen MR) is 112 cm³/mol. The molecule has 0 aromatic heterocycles. The fourth-order valence-electron chi connectivity index (χ4n) is 4.26. The molecule has 1 aliphatic heterocycles. The van der Waals surface area contributed by atoms with Crippen LogP contribution in [0.4, 0.5) is 0 Å². The SMILES string of the molecule is CC(=O)N(CC1CN(Cc2ccccc2)CC1c1ccc(C)cc1)C(C)C. The van der Waals surface area contributed by atoms with Gasteiger partial charge in [0.25, 0.3) is 0 Å². The molecule has 1 fully saturated rings. The van der Waals surface area contributed by atoms with Crippen molar-refractivity contribution < 1.29 is 4.79 Å². The molecular formula is C24H32N2O. The molecule has 3 heteroatoms. The Labute approximate surface area is 164 Å². The number of aryl methyl sites for hydroxylation is 1. The number of amides is 1. The van der Waals surface area contributed by atoms with Gasteiger partial charge in [-0.1, -0.05) is 60.2 Å². The van der Waals surface area contributed by atoms with Gasteiger partial charge in [-0.3, -0.25) is 9.69 Å². The lowest BCUT2D eigenvalue weighted by molar-refractivity contribution is -0.131. The van der Waals surface area contributed by atoms with Crippen LogP contribution in [0.25, 0.3) is 0 Å². The Hall–Kier alpha value is -2.13. The van der Waals surface area contributed by atoms with Crippen LogP contribution in [0, 0.1) is 12.8 Å². The van der Waals surface area contributed by atoms with Gasteiger partial charge >= 0.3 is 0 Å². The number of likely N-dealkylation sites (tertiary alicyclic amines) is 1. The van der Waals surface area contributed by atoms with E-state index < -0.39 is 0 Å². The maximum atomic E-state index is 12.1. The highest BCUT2D eigenvalue weighted by molar-refractivity contribution is 5.73. The largest absolute Gasteiger partial charge is 0.340 e. The first-order chi connectivity index (χ1) is 12.9. The van der Waals surface area contributed by atoms with Crippen molar-refractivity contribution >= 4 is 5.91 Å². The summed E-state index contributed by atoms with van der Waals surface area (Å²) in [6.07, 6.45) is 0. The quantitative estimate of drug-likeness (QED) is 0.755. The van der Waals surface area contributed by atoms with E-state index in [4.69, 9.17) is 0 Å². The Morgan fingerprint density at radius 2 is 1.74 bits per heavy atom. The second kappa shape index (κ2) is 8.71. The molecule has 0 radical (unpaired) electrons. The van der Waals surface area contributed by atoms with Crippen molar-refractivity contribution in [1.82, 2.24) is 9.80 Å². The average molecular weight is 365 g/mol. The van der Waals surface area contributed by atoms with Gasteiger partial charge in [0.2, 0.25) is 5.91 Å². The number of rotatable bonds is 6. The van der Waals surface area contributed by atoms with Gasteiger partial charge in [0, 0.05) is 45.1 Å². The molecule has 0 N–H and O–H groups in total. The third-order valence-electron chi connectivity index (χ3n) is 5.73. The molecule has 0 spiro atoms. The second-order valence-corrected chi connectivity index (χ2v) is 8.22. The van der Waals surface area contributed by atoms with E-state index in [0.29, 0.717) is 11.8 Å². The van der Waals surface area contributed by atoms with Gasteiger partial charge in [-0.05, 0) is 37.8 Å². The highest BCUT2D eigenvalue weighted by Crippen LogP contribution is 2.34. The fourth-order valence-corrected chi connectivity index (χ4v) is 4.26. The Balaban J connectivity index is 1.80. The van der Waals surface area contributed by atoms with Crippen LogP contribution in [0.15, 0.2) is 54.6 Å². The van der Waals surface area contributed by atoms with Crippen molar-refractivity contribution in [3.63, 3.8) is 0 Å². The van der Waals surface area contributed by atoms with Gasteiger partial charge in [-0.25, -0.2) is 0 Å². The molecule has 3 nitrogen and oxygen atoms in total. The molecule has 0 bridgehead atoms. The summed E-state index contributed by atoms with van der Waals surface area (Å²) in [5.41, 5.74) is 4.04. The minimum atomic E-state index is 0.175. The van der Waals surface area contributed by atoms with Gasteiger partial charge < -0.3 is 4.90 Å². The first-order valence-corrected chi connectivity index (χ1v) is 10.0. The Morgan fingerprint density at radius 3 is 2.33 bits per heavy atom. The average Bonchev–Trinajstić information content (AvgIpc) is 3.03. The van der Waals surface area contributed by atoms with E-state index in [9.17, 15) is 4.79 Å². The Bertz CT molecular complexity index is 739. The zero-order valence-electron chi connectivity index (χ0n) is 17.1. The van der Waals surface area contributed by atoms with Crippen molar-refractivity contribution in [3.8, 4) is 0 Å². The summed E-state index contributed by atoms with van der Waals surface area (Å²) >= 11 is 0. The summed E-state index contributed by atoms with van der Waals surface area (Å²) in [6, 6.07) is 19.9. The minimum absolute atomic E-state index is 0.175. The molecule has 0 aliphatic carbocycles. The number of hydrogen-bond donors (Lipinski definition) is 0. The topological polar surface area (TPSA) is 23.6 Å². The monoisotopic (exact) mass is 364 g/mol. The number of hydrogen-bond acceptors (Lipinski definition) is 2. The molecule has 2 aromatic rings. The zero-order chi connectivity index (χ0) is 19.4. The van der Waals surface area contributed by atoms with Crippen molar-refractivity contribution in [2.24, 2.45) is 5.92 Å². The Morgan fingerprint density at radius 1 is 1.07 bits per heavy atom. The van der Waals surface area contributed by atoms with E-state index in [-0.39, 0.29) is 11.9 Å². The van der Waals surface area contributed by atoms with E-state index in [0.717, 1.165) is 26.2 Å². The summed E-state index contributed by atoms with van der Waals surface area (Å²) in [5.74, 6) is 1.10. The maximum absolute atomic E-state index is 12.1. The van der Waals surface area contributed by atoms with E-state index in [1.165, 1.54) is 16.7 Å². The van der Waals surface area contributed by atoms with Crippen molar-refractivity contribution in [2.45, 2.75) is 46.2 Å². The molecule has 2 aromatic carbocycles. The molecule has 2 unspecified atom stereocenters. The smallest absolute Gasteiger partial charge is 0.219 e. The van der Waals surface area contributed by atoms with Crippen molar-refractivity contribution in [3.05, 3.63) is 71.3 Å². The van der Waals surface area contributed by atoms with Crippen LogP contribution in [-0.4, -0.2) is 41.4 Å². The summed E-state index contributed by atoms with van der Waals surface area (Å²) in [4.78, 5) is 16.7. The van der Waals surface area contributed by atoms with Crippen LogP contribution < -0.4 is 0 Å². The minimum Gasteiger partial charge on any atom is -0.340 e. The summed E-state index contributed by atoms with van der Waals surface area (Å²) in [5, 5.41) is 0. The van der Waals surface area contributed by atoms with Crippen LogP contribution in [0.5, 0.6) is 0 Å². The standard InChI is InChI=1S/C24H32N2O/c1-18(2)26(20(4)27)16-23-15-25(14-21-8-6-5-7-9-21)17-24(23)22-12-10-19(3)11-13-22/h5-13,18,23-24H,14-17H2,1-4H3. The number of carbonyl (C=O) groups is 1. The van der Waals surface area contributed by atoms with E-state index >= 15 is 0 Å². The normalized spacial score (nSPS) is 20.2. The van der Waals surface area contributed by atoms with Gasteiger partial charge in [0.05, 0.1) is 0 Å². The second-order valence-electron chi connectivity index (χ2n) is 8.22.